The molecule has 1 aromatic rings. The Morgan fingerprint density at radius 2 is 1.96 bits per heavy atom. The molecule has 8 heteroatoms. The van der Waals surface area contributed by atoms with Gasteiger partial charge in [-0.2, -0.15) is 12.7 Å². The molecule has 2 heterocycles. The maximum Gasteiger partial charge on any atom is 0.387 e. The lowest BCUT2D eigenvalue weighted by molar-refractivity contribution is -0.143. The summed E-state index contributed by atoms with van der Waals surface area (Å²) >= 11 is 3.50. The summed E-state index contributed by atoms with van der Waals surface area (Å²) in [5.41, 5.74) is 2.39. The van der Waals surface area contributed by atoms with Crippen molar-refractivity contribution in [2.24, 2.45) is 5.92 Å². The number of aryl methyl sites for hydroxylation is 1. The SMILES string of the molecule is Cc1cc(C2CCN(S(=O)(=O)OC(=O)C3CCOC(C)C3)CC2)ccc1Br. The minimum absolute atomic E-state index is 0.0517. The molecule has 27 heavy (non-hydrogen) atoms. The molecule has 0 radical (unpaired) electrons. The number of carbonyl (C=O) groups excluding carboxylic acids is 1. The minimum atomic E-state index is -4.03. The predicted octanol–water partition coefficient (Wildman–Crippen LogP) is 3.54. The van der Waals surface area contributed by atoms with Gasteiger partial charge in [-0.15, -0.1) is 0 Å². The van der Waals surface area contributed by atoms with Crippen LogP contribution in [0.25, 0.3) is 0 Å². The van der Waals surface area contributed by atoms with Gasteiger partial charge in [0.05, 0.1) is 12.0 Å². The fourth-order valence-corrected chi connectivity index (χ4v) is 5.12. The summed E-state index contributed by atoms with van der Waals surface area (Å²) in [6, 6.07) is 6.26. The van der Waals surface area contributed by atoms with Gasteiger partial charge in [0.1, 0.15) is 0 Å². The van der Waals surface area contributed by atoms with Crippen LogP contribution < -0.4 is 0 Å². The van der Waals surface area contributed by atoms with Crippen LogP contribution in [0.5, 0.6) is 0 Å². The maximum absolute atomic E-state index is 12.5. The van der Waals surface area contributed by atoms with E-state index in [1.54, 1.807) is 0 Å². The lowest BCUT2D eigenvalue weighted by atomic mass is 9.89. The first-order valence-corrected chi connectivity index (χ1v) is 11.5. The molecule has 2 unspecified atom stereocenters. The van der Waals surface area contributed by atoms with Crippen LogP contribution in [0.3, 0.4) is 0 Å². The average Bonchev–Trinajstić information content (AvgIpc) is 2.64. The van der Waals surface area contributed by atoms with Crippen molar-refractivity contribution in [2.75, 3.05) is 19.7 Å². The smallest absolute Gasteiger partial charge is 0.378 e. The molecule has 150 valence electrons. The van der Waals surface area contributed by atoms with Gasteiger partial charge in [0.25, 0.3) is 0 Å². The standard InChI is InChI=1S/C19H26BrNO5S/c1-13-11-16(3-4-18(13)20)15-5-8-21(9-6-15)27(23,24)26-19(22)17-7-10-25-14(2)12-17/h3-4,11,14-15,17H,5-10,12H2,1-2H3. The van der Waals surface area contributed by atoms with Crippen molar-refractivity contribution in [2.45, 2.75) is 51.6 Å². The number of benzene rings is 1. The lowest BCUT2D eigenvalue weighted by Gasteiger charge is -2.31. The van der Waals surface area contributed by atoms with Gasteiger partial charge >= 0.3 is 16.3 Å². The van der Waals surface area contributed by atoms with E-state index >= 15 is 0 Å². The zero-order valence-corrected chi connectivity index (χ0v) is 18.1. The second kappa shape index (κ2) is 8.59. The highest BCUT2D eigenvalue weighted by Gasteiger charge is 2.35. The maximum atomic E-state index is 12.5. The predicted molar refractivity (Wildman–Crippen MR) is 106 cm³/mol. The summed E-state index contributed by atoms with van der Waals surface area (Å²) in [6.45, 7) is 5.10. The topological polar surface area (TPSA) is 72.9 Å². The van der Waals surface area contributed by atoms with Gasteiger partial charge in [0, 0.05) is 24.2 Å². The van der Waals surface area contributed by atoms with Crippen LogP contribution in [0.1, 0.15) is 49.7 Å². The van der Waals surface area contributed by atoms with Gasteiger partial charge in [-0.3, -0.25) is 4.79 Å². The third-order valence-electron chi connectivity index (χ3n) is 5.43. The molecule has 0 N–H and O–H groups in total. The van der Waals surface area contributed by atoms with Gasteiger partial charge in [0.2, 0.25) is 0 Å². The first-order valence-electron chi connectivity index (χ1n) is 9.37. The van der Waals surface area contributed by atoms with Gasteiger partial charge in [0.15, 0.2) is 0 Å². The summed E-state index contributed by atoms with van der Waals surface area (Å²) in [6.07, 6.45) is 2.38. The number of piperidine rings is 1. The Hall–Kier alpha value is -0.960. The third kappa shape index (κ3) is 5.10. The van der Waals surface area contributed by atoms with Crippen LogP contribution in [-0.4, -0.2) is 44.5 Å². The molecule has 2 atom stereocenters. The fourth-order valence-electron chi connectivity index (χ4n) is 3.77. The van der Waals surface area contributed by atoms with Crippen molar-refractivity contribution < 1.29 is 22.1 Å². The van der Waals surface area contributed by atoms with Crippen LogP contribution in [0.2, 0.25) is 0 Å². The van der Waals surface area contributed by atoms with E-state index in [0.717, 1.165) is 4.47 Å². The highest BCUT2D eigenvalue weighted by Crippen LogP contribution is 2.32. The number of rotatable bonds is 4. The summed E-state index contributed by atoms with van der Waals surface area (Å²) in [5, 5.41) is 0. The molecule has 0 spiro atoms. The van der Waals surface area contributed by atoms with E-state index in [2.05, 4.69) is 28.1 Å². The number of hydrogen-bond acceptors (Lipinski definition) is 5. The molecule has 2 aliphatic rings. The van der Waals surface area contributed by atoms with E-state index in [4.69, 9.17) is 8.92 Å². The number of hydrogen-bond donors (Lipinski definition) is 0. The van der Waals surface area contributed by atoms with E-state index in [0.29, 0.717) is 51.3 Å². The third-order valence-corrected chi connectivity index (χ3v) is 7.69. The first-order chi connectivity index (χ1) is 12.8. The van der Waals surface area contributed by atoms with Crippen LogP contribution in [0, 0.1) is 12.8 Å². The Morgan fingerprint density at radius 3 is 2.59 bits per heavy atom. The second-order valence-electron chi connectivity index (χ2n) is 7.44. The van der Waals surface area contributed by atoms with Crippen molar-refractivity contribution in [3.63, 3.8) is 0 Å². The first kappa shape index (κ1) is 20.8. The van der Waals surface area contributed by atoms with Crippen LogP contribution >= 0.6 is 15.9 Å². The number of nitrogens with zero attached hydrogens (tertiary/aromatic N) is 1. The second-order valence-corrected chi connectivity index (χ2v) is 9.84. The molecular weight excluding hydrogens is 434 g/mol. The molecule has 0 bridgehead atoms. The van der Waals surface area contributed by atoms with E-state index in [1.165, 1.54) is 15.4 Å². The molecule has 2 saturated heterocycles. The van der Waals surface area contributed by atoms with Crippen molar-refractivity contribution >= 4 is 32.2 Å². The highest BCUT2D eigenvalue weighted by molar-refractivity contribution is 9.10. The summed E-state index contributed by atoms with van der Waals surface area (Å²) < 4.78 is 37.7. The summed E-state index contributed by atoms with van der Waals surface area (Å²) in [5.74, 6) is -0.752. The quantitative estimate of drug-likeness (QED) is 0.688. The van der Waals surface area contributed by atoms with Crippen LogP contribution in [0.4, 0.5) is 0 Å². The number of halogens is 1. The van der Waals surface area contributed by atoms with Crippen molar-refractivity contribution in [1.29, 1.82) is 0 Å². The number of carbonyl (C=O) groups is 1. The fraction of sp³-hybridized carbons (Fsp3) is 0.632. The molecule has 0 saturated carbocycles. The van der Waals surface area contributed by atoms with Crippen LogP contribution in [-0.2, 0) is 24.0 Å². The Labute approximate surface area is 169 Å². The molecule has 3 rings (SSSR count). The van der Waals surface area contributed by atoms with E-state index in [1.807, 2.05) is 19.9 Å². The molecule has 0 aromatic heterocycles. The molecule has 6 nitrogen and oxygen atoms in total. The Kier molecular flexibility index (Phi) is 6.61. The normalized spacial score (nSPS) is 25.3. The highest BCUT2D eigenvalue weighted by atomic mass is 79.9. The Balaban J connectivity index is 1.57. The van der Waals surface area contributed by atoms with Gasteiger partial charge in [-0.1, -0.05) is 28.1 Å². The molecule has 1 aromatic carbocycles. The van der Waals surface area contributed by atoms with E-state index in [9.17, 15) is 13.2 Å². The minimum Gasteiger partial charge on any atom is -0.378 e. The zero-order chi connectivity index (χ0) is 19.6. The van der Waals surface area contributed by atoms with Crippen molar-refractivity contribution in [1.82, 2.24) is 4.31 Å². The van der Waals surface area contributed by atoms with Gasteiger partial charge in [-0.25, -0.2) is 0 Å². The van der Waals surface area contributed by atoms with Gasteiger partial charge < -0.3 is 8.92 Å². The molecule has 2 fully saturated rings. The summed E-state index contributed by atoms with van der Waals surface area (Å²) in [4.78, 5) is 12.3. The van der Waals surface area contributed by atoms with E-state index in [-0.39, 0.29) is 6.10 Å². The Morgan fingerprint density at radius 1 is 1.26 bits per heavy atom. The molecule has 2 aliphatic heterocycles. The molecule has 0 aliphatic carbocycles. The van der Waals surface area contributed by atoms with Gasteiger partial charge in [-0.05, 0) is 62.6 Å². The monoisotopic (exact) mass is 459 g/mol. The lowest BCUT2D eigenvalue weighted by Crippen LogP contribution is -2.41. The van der Waals surface area contributed by atoms with E-state index < -0.39 is 22.2 Å². The molecule has 0 amide bonds. The average molecular weight is 460 g/mol. The zero-order valence-electron chi connectivity index (χ0n) is 15.7. The van der Waals surface area contributed by atoms with Crippen molar-refractivity contribution in [3.8, 4) is 0 Å². The largest absolute Gasteiger partial charge is 0.387 e. The summed E-state index contributed by atoms with van der Waals surface area (Å²) in [7, 11) is -4.03. The van der Waals surface area contributed by atoms with Crippen LogP contribution in [0.15, 0.2) is 22.7 Å². The number of ether oxygens (including phenoxy) is 1. The Bertz CT molecular complexity index is 789. The van der Waals surface area contributed by atoms with Crippen molar-refractivity contribution in [3.05, 3.63) is 33.8 Å². The molecular formula is C19H26BrNO5S.